The van der Waals surface area contributed by atoms with E-state index in [2.05, 4.69) is 25.1 Å². The van der Waals surface area contributed by atoms with Crippen LogP contribution < -0.4 is 20.7 Å². The fourth-order valence-electron chi connectivity index (χ4n) is 9.57. The van der Waals surface area contributed by atoms with E-state index in [1.54, 1.807) is 12.1 Å². The second kappa shape index (κ2) is 18.7. The molecule has 5 amide bonds. The maximum absolute atomic E-state index is 13.6. The fourth-order valence-corrected chi connectivity index (χ4v) is 9.57. The van der Waals surface area contributed by atoms with Crippen molar-refractivity contribution in [2.45, 2.75) is 69.2 Å². The number of benzene rings is 3. The molecular formula is C47H47F3N10O8. The van der Waals surface area contributed by atoms with Gasteiger partial charge in [-0.25, -0.2) is 19.4 Å². The van der Waals surface area contributed by atoms with E-state index < -0.39 is 41.8 Å². The molecule has 0 radical (unpaired) electrons. The third-order valence-corrected chi connectivity index (χ3v) is 13.3. The highest BCUT2D eigenvalue weighted by atomic mass is 19.4. The number of para-hydroxylation sites is 1. The zero-order valence-electron chi connectivity index (χ0n) is 36.6. The number of aliphatic carboxylic acids is 1. The molecular weight excluding hydrogens is 890 g/mol. The van der Waals surface area contributed by atoms with E-state index in [1.807, 2.05) is 70.2 Å². The highest BCUT2D eigenvalue weighted by Gasteiger charge is 2.45. The van der Waals surface area contributed by atoms with E-state index in [1.165, 1.54) is 6.33 Å². The Morgan fingerprint density at radius 1 is 0.809 bits per heavy atom. The Labute approximate surface area is 386 Å². The summed E-state index contributed by atoms with van der Waals surface area (Å²) in [5.41, 5.74) is 10.2. The van der Waals surface area contributed by atoms with Crippen LogP contribution in [-0.4, -0.2) is 133 Å². The summed E-state index contributed by atoms with van der Waals surface area (Å²) >= 11 is 0. The summed E-state index contributed by atoms with van der Waals surface area (Å²) in [5, 5.41) is 15.1. The number of aromatic nitrogens is 4. The molecule has 1 atom stereocenters. The first kappa shape index (κ1) is 45.7. The van der Waals surface area contributed by atoms with Crippen LogP contribution >= 0.6 is 0 Å². The molecule has 4 fully saturated rings. The Balaban J connectivity index is 0.000000767. The van der Waals surface area contributed by atoms with Crippen LogP contribution in [0.2, 0.25) is 0 Å². The van der Waals surface area contributed by atoms with Crippen molar-refractivity contribution in [2.24, 2.45) is 5.92 Å². The Bertz CT molecular complexity index is 2770. The zero-order valence-corrected chi connectivity index (χ0v) is 36.6. The summed E-state index contributed by atoms with van der Waals surface area (Å²) in [6.07, 6.45) is 0.614. The van der Waals surface area contributed by atoms with Crippen molar-refractivity contribution >= 4 is 58.0 Å². The minimum atomic E-state index is -5.08. The molecule has 0 spiro atoms. The summed E-state index contributed by atoms with van der Waals surface area (Å²) in [4.78, 5) is 89.6. The Morgan fingerprint density at radius 2 is 1.47 bits per heavy atom. The lowest BCUT2D eigenvalue weighted by atomic mass is 9.90. The van der Waals surface area contributed by atoms with E-state index in [4.69, 9.17) is 25.5 Å². The van der Waals surface area contributed by atoms with E-state index in [0.717, 1.165) is 84.8 Å². The maximum Gasteiger partial charge on any atom is 0.490 e. The molecule has 354 valence electrons. The Kier molecular flexibility index (Phi) is 12.6. The highest BCUT2D eigenvalue weighted by Crippen LogP contribution is 2.37. The van der Waals surface area contributed by atoms with Crippen molar-refractivity contribution < 1.29 is 51.8 Å². The first-order chi connectivity index (χ1) is 32.6. The van der Waals surface area contributed by atoms with Gasteiger partial charge in [-0.1, -0.05) is 18.2 Å². The number of nitrogen functional groups attached to an aromatic ring is 1. The van der Waals surface area contributed by atoms with Crippen molar-refractivity contribution in [1.82, 2.24) is 39.8 Å². The first-order valence-electron chi connectivity index (χ1n) is 22.4. The largest absolute Gasteiger partial charge is 0.490 e. The van der Waals surface area contributed by atoms with Gasteiger partial charge in [-0.15, -0.1) is 0 Å². The number of nitrogens with zero attached hydrogens (tertiary/aromatic N) is 8. The van der Waals surface area contributed by atoms with Gasteiger partial charge in [0.05, 0.1) is 22.6 Å². The SMILES string of the molecule is Nc1ncnc2c1c(-c1ccc(Oc3ccccc3)cc1)nn2C1CCN(C(=O)CC2CCN(C3CN(c4ccc5c(c4)C(=O)N(C4CCC(=O)NC4=O)C5=O)C3)CC2)CC1.O=C(O)C(F)(F)F. The third-order valence-electron chi connectivity index (χ3n) is 13.3. The predicted octanol–water partition coefficient (Wildman–Crippen LogP) is 5.06. The molecule has 0 aliphatic carbocycles. The molecule has 3 aromatic carbocycles. The van der Waals surface area contributed by atoms with Crippen LogP contribution in [-0.2, 0) is 19.2 Å². The summed E-state index contributed by atoms with van der Waals surface area (Å²) in [6.45, 7) is 4.77. The first-order valence-corrected chi connectivity index (χ1v) is 22.4. The maximum atomic E-state index is 13.6. The van der Waals surface area contributed by atoms with Crippen LogP contribution in [0.25, 0.3) is 22.3 Å². The van der Waals surface area contributed by atoms with E-state index >= 15 is 0 Å². The Hall–Kier alpha value is -7.42. The molecule has 0 saturated carbocycles. The molecule has 4 saturated heterocycles. The lowest BCUT2D eigenvalue weighted by Gasteiger charge is -2.48. The number of alkyl halides is 3. The van der Waals surface area contributed by atoms with Crippen LogP contribution in [0, 0.1) is 5.92 Å². The number of carbonyl (C=O) groups excluding carboxylic acids is 5. The second-order valence-electron chi connectivity index (χ2n) is 17.5. The molecule has 68 heavy (non-hydrogen) atoms. The van der Waals surface area contributed by atoms with Crippen molar-refractivity contribution in [3.05, 3.63) is 90.3 Å². The van der Waals surface area contributed by atoms with E-state index in [9.17, 15) is 37.1 Å². The minimum absolute atomic E-state index is 0.0629. The van der Waals surface area contributed by atoms with Gasteiger partial charge in [0.25, 0.3) is 11.8 Å². The number of carboxylic acid groups (broad SMARTS) is 1. The number of halogens is 3. The predicted molar refractivity (Wildman–Crippen MR) is 238 cm³/mol. The van der Waals surface area contributed by atoms with Crippen LogP contribution in [0.3, 0.4) is 0 Å². The topological polar surface area (TPSA) is 226 Å². The number of anilines is 2. The van der Waals surface area contributed by atoms with Crippen molar-refractivity contribution in [3.63, 3.8) is 0 Å². The normalized spacial score (nSPS) is 19.6. The Morgan fingerprint density at radius 3 is 2.13 bits per heavy atom. The molecule has 1 unspecified atom stereocenters. The molecule has 0 bridgehead atoms. The fraction of sp³-hybridized carbons (Fsp3) is 0.383. The number of carbonyl (C=O) groups is 6. The number of piperidine rings is 3. The van der Waals surface area contributed by atoms with E-state index in [0.29, 0.717) is 54.2 Å². The quantitative estimate of drug-likeness (QED) is 0.164. The van der Waals surface area contributed by atoms with Gasteiger partial charge in [0.2, 0.25) is 17.7 Å². The molecule has 18 nitrogen and oxygen atoms in total. The summed E-state index contributed by atoms with van der Waals surface area (Å²) in [5.74, 6) is -2.36. The number of ether oxygens (including phenoxy) is 1. The second-order valence-corrected chi connectivity index (χ2v) is 17.5. The third kappa shape index (κ3) is 9.29. The molecule has 5 aliphatic rings. The van der Waals surface area contributed by atoms with Crippen molar-refractivity contribution in [1.29, 1.82) is 0 Å². The van der Waals surface area contributed by atoms with Gasteiger partial charge in [0, 0.05) is 56.3 Å². The number of amides is 5. The van der Waals surface area contributed by atoms with Crippen molar-refractivity contribution in [3.8, 4) is 22.8 Å². The number of nitrogens with one attached hydrogen (secondary N) is 1. The molecule has 2 aromatic heterocycles. The average molecular weight is 937 g/mol. The summed E-state index contributed by atoms with van der Waals surface area (Å²) in [7, 11) is 0. The van der Waals surface area contributed by atoms with Crippen molar-refractivity contribution in [2.75, 3.05) is 49.9 Å². The summed E-state index contributed by atoms with van der Waals surface area (Å²) in [6, 6.07) is 22.1. The van der Waals surface area contributed by atoms with Gasteiger partial charge in [-0.2, -0.15) is 18.3 Å². The number of imide groups is 2. The minimum Gasteiger partial charge on any atom is -0.475 e. The number of nitrogens with two attached hydrogens (primary N) is 1. The van der Waals surface area contributed by atoms with Gasteiger partial charge < -0.3 is 25.4 Å². The lowest BCUT2D eigenvalue weighted by Crippen LogP contribution is -2.61. The number of hydrogen-bond acceptors (Lipinski definition) is 13. The number of hydrogen-bond donors (Lipinski definition) is 3. The lowest BCUT2D eigenvalue weighted by molar-refractivity contribution is -0.192. The van der Waals surface area contributed by atoms with Gasteiger partial charge in [0.15, 0.2) is 5.65 Å². The summed E-state index contributed by atoms with van der Waals surface area (Å²) < 4.78 is 39.7. The molecule has 7 heterocycles. The standard InChI is InChI=1S/C45H46N10O6.C2HF3O2/c46-41-39-40(28-6-9-33(10-7-28)61-32-4-2-1-3-5-32)50-55(42(39)48-26-47-41)29-16-20-52(21-17-29)38(57)22-27-14-18-51(19-15-27)31-24-53(25-31)30-8-11-34-35(23-30)45(60)54(44(34)59)36-12-13-37(56)49-43(36)58;3-2(4,5)1(6)7/h1-11,23,26-27,29,31,36H,12-22,24-25H2,(H2,46,47,48)(H,49,56,58);(H,6,7). The van der Waals surface area contributed by atoms with E-state index in [-0.39, 0.29) is 30.4 Å². The average Bonchev–Trinajstić information content (AvgIpc) is 3.82. The van der Waals surface area contributed by atoms with Crippen LogP contribution in [0.1, 0.15) is 71.7 Å². The molecule has 5 aliphatic heterocycles. The highest BCUT2D eigenvalue weighted by molar-refractivity contribution is 6.23. The number of fused-ring (bicyclic) bond motifs is 2. The van der Waals surface area contributed by atoms with Gasteiger partial charge in [-0.3, -0.25) is 39.1 Å². The van der Waals surface area contributed by atoms with Gasteiger partial charge >= 0.3 is 12.1 Å². The number of likely N-dealkylation sites (tertiary alicyclic amines) is 2. The van der Waals surface area contributed by atoms with Gasteiger partial charge in [-0.05, 0) is 106 Å². The van der Waals surface area contributed by atoms with Gasteiger partial charge in [0.1, 0.15) is 35.4 Å². The van der Waals surface area contributed by atoms with Crippen LogP contribution in [0.15, 0.2) is 79.1 Å². The number of rotatable bonds is 9. The smallest absolute Gasteiger partial charge is 0.475 e. The monoisotopic (exact) mass is 936 g/mol. The molecule has 10 rings (SSSR count). The molecule has 21 heteroatoms. The van der Waals surface area contributed by atoms with Crippen LogP contribution in [0.4, 0.5) is 24.7 Å². The zero-order chi connectivity index (χ0) is 47.9. The van der Waals surface area contributed by atoms with Crippen LogP contribution in [0.5, 0.6) is 11.5 Å². The number of carboxylic acids is 1. The molecule has 5 aromatic rings. The molecule has 4 N–H and O–H groups in total.